The number of thiazole rings is 1. The Labute approximate surface area is 139 Å². The minimum Gasteiger partial charge on any atom is -0.302 e. The van der Waals surface area contributed by atoms with Gasteiger partial charge in [-0.2, -0.15) is 0 Å². The lowest BCUT2D eigenvalue weighted by molar-refractivity contribution is -0.116. The maximum atomic E-state index is 12.0. The molecule has 0 fully saturated rings. The molecule has 2 N–H and O–H groups in total. The molecule has 0 radical (unpaired) electrons. The number of hydrogen-bond donors (Lipinski definition) is 2. The summed E-state index contributed by atoms with van der Waals surface area (Å²) in [6.45, 7) is 0.0826. The number of aromatic nitrogens is 4. The second-order valence-electron chi connectivity index (χ2n) is 4.85. The fourth-order valence-corrected chi connectivity index (χ4v) is 2.71. The zero-order valence-electron chi connectivity index (χ0n) is 12.4. The van der Waals surface area contributed by atoms with Crippen molar-refractivity contribution in [1.29, 1.82) is 0 Å². The van der Waals surface area contributed by atoms with Gasteiger partial charge in [-0.1, -0.05) is 6.07 Å². The van der Waals surface area contributed by atoms with Gasteiger partial charge in [0.15, 0.2) is 5.13 Å². The Balaban J connectivity index is 1.61. The fraction of sp³-hybridized carbons (Fsp3) is 0.133. The van der Waals surface area contributed by atoms with Crippen molar-refractivity contribution in [3.63, 3.8) is 0 Å². The summed E-state index contributed by atoms with van der Waals surface area (Å²) in [6, 6.07) is 7.82. The van der Waals surface area contributed by atoms with Crippen LogP contribution in [0.25, 0.3) is 11.4 Å². The Morgan fingerprint density at radius 1 is 1.21 bits per heavy atom. The number of nitrogens with zero attached hydrogens (tertiary/aromatic N) is 3. The number of nitrogens with one attached hydrogen (secondary N) is 2. The topological polar surface area (TPSA) is 110 Å². The molecule has 0 aliphatic carbocycles. The van der Waals surface area contributed by atoms with Gasteiger partial charge in [0.1, 0.15) is 5.69 Å². The van der Waals surface area contributed by atoms with E-state index < -0.39 is 5.56 Å². The van der Waals surface area contributed by atoms with Gasteiger partial charge in [0.2, 0.25) is 5.91 Å². The number of H-pyrrole nitrogens is 1. The van der Waals surface area contributed by atoms with Crippen LogP contribution in [-0.4, -0.2) is 25.7 Å². The SMILES string of the molecule is O=C(CCn1[nH]c(=O)ccc1=O)Nc1nc(-c2ccccn2)cs1. The van der Waals surface area contributed by atoms with E-state index in [0.29, 0.717) is 10.8 Å². The van der Waals surface area contributed by atoms with E-state index in [4.69, 9.17) is 0 Å². The molecule has 0 spiro atoms. The number of rotatable bonds is 5. The third-order valence-electron chi connectivity index (χ3n) is 3.13. The second kappa shape index (κ2) is 7.01. The number of aryl methyl sites for hydroxylation is 1. The van der Waals surface area contributed by atoms with E-state index in [1.807, 2.05) is 18.2 Å². The number of carbonyl (C=O) groups excluding carboxylic acids is 1. The molecular formula is C15H13N5O3S. The normalized spacial score (nSPS) is 10.5. The molecule has 122 valence electrons. The molecule has 3 rings (SSSR count). The summed E-state index contributed by atoms with van der Waals surface area (Å²) >= 11 is 1.29. The number of hydrogen-bond acceptors (Lipinski definition) is 6. The van der Waals surface area contributed by atoms with Crippen LogP contribution in [0.5, 0.6) is 0 Å². The maximum absolute atomic E-state index is 12.0. The zero-order valence-corrected chi connectivity index (χ0v) is 13.2. The predicted molar refractivity (Wildman–Crippen MR) is 89.9 cm³/mol. The Bertz CT molecular complexity index is 961. The van der Waals surface area contributed by atoms with Crippen LogP contribution in [0.2, 0.25) is 0 Å². The second-order valence-corrected chi connectivity index (χ2v) is 5.71. The standard InChI is InChI=1S/C15H13N5O3S/c21-12(6-8-20-14(23)5-4-13(22)19-20)18-15-17-11(9-24-15)10-3-1-2-7-16-10/h1-5,7,9H,6,8H2,(H,19,22)(H,17,18,21). The Hall–Kier alpha value is -3.07. The minimum atomic E-state index is -0.394. The van der Waals surface area contributed by atoms with Crippen LogP contribution >= 0.6 is 11.3 Å². The highest BCUT2D eigenvalue weighted by atomic mass is 32.1. The molecule has 0 unspecified atom stereocenters. The van der Waals surface area contributed by atoms with Crippen molar-refractivity contribution in [2.75, 3.05) is 5.32 Å². The highest BCUT2D eigenvalue weighted by Gasteiger charge is 2.09. The van der Waals surface area contributed by atoms with Crippen molar-refractivity contribution in [2.24, 2.45) is 0 Å². The van der Waals surface area contributed by atoms with Gasteiger partial charge >= 0.3 is 0 Å². The van der Waals surface area contributed by atoms with Crippen LogP contribution in [0.4, 0.5) is 5.13 Å². The molecule has 0 atom stereocenters. The van der Waals surface area contributed by atoms with Gasteiger partial charge in [-0.15, -0.1) is 11.3 Å². The smallest absolute Gasteiger partial charge is 0.265 e. The van der Waals surface area contributed by atoms with Crippen molar-refractivity contribution >= 4 is 22.4 Å². The van der Waals surface area contributed by atoms with E-state index >= 15 is 0 Å². The van der Waals surface area contributed by atoms with Crippen LogP contribution in [0.15, 0.2) is 51.5 Å². The van der Waals surface area contributed by atoms with E-state index in [1.54, 1.807) is 11.6 Å². The average Bonchev–Trinajstić information content (AvgIpc) is 3.05. The van der Waals surface area contributed by atoms with Crippen molar-refractivity contribution in [3.05, 3.63) is 62.6 Å². The number of aromatic amines is 1. The van der Waals surface area contributed by atoms with E-state index in [2.05, 4.69) is 20.4 Å². The Kier molecular flexibility index (Phi) is 4.62. The molecule has 3 aromatic rings. The summed E-state index contributed by atoms with van der Waals surface area (Å²) in [5.74, 6) is -0.298. The van der Waals surface area contributed by atoms with Gasteiger partial charge in [-0.25, -0.2) is 9.67 Å². The summed E-state index contributed by atoms with van der Waals surface area (Å²) in [4.78, 5) is 43.2. The van der Waals surface area contributed by atoms with Gasteiger partial charge in [-0.3, -0.25) is 24.5 Å². The largest absolute Gasteiger partial charge is 0.302 e. The lowest BCUT2D eigenvalue weighted by Crippen LogP contribution is -2.29. The van der Waals surface area contributed by atoms with Crippen LogP contribution < -0.4 is 16.4 Å². The maximum Gasteiger partial charge on any atom is 0.265 e. The summed E-state index contributed by atoms with van der Waals surface area (Å²) < 4.78 is 1.10. The quantitative estimate of drug-likeness (QED) is 0.720. The molecule has 0 saturated carbocycles. The molecule has 9 heteroatoms. The van der Waals surface area contributed by atoms with E-state index in [1.165, 1.54) is 11.3 Å². The molecule has 1 amide bonds. The molecule has 0 bridgehead atoms. The molecule has 0 aliphatic rings. The third-order valence-corrected chi connectivity index (χ3v) is 3.89. The first-order valence-corrected chi connectivity index (χ1v) is 7.97. The first-order chi connectivity index (χ1) is 11.6. The van der Waals surface area contributed by atoms with Gasteiger partial charge in [0.05, 0.1) is 12.2 Å². The van der Waals surface area contributed by atoms with E-state index in [0.717, 1.165) is 22.5 Å². The lowest BCUT2D eigenvalue weighted by Gasteiger charge is -2.04. The van der Waals surface area contributed by atoms with Crippen LogP contribution in [0, 0.1) is 0 Å². The molecular weight excluding hydrogens is 330 g/mol. The van der Waals surface area contributed by atoms with Crippen molar-refractivity contribution < 1.29 is 4.79 Å². The fourth-order valence-electron chi connectivity index (χ4n) is 1.99. The monoisotopic (exact) mass is 343 g/mol. The molecule has 0 aliphatic heterocycles. The van der Waals surface area contributed by atoms with Gasteiger partial charge in [0.25, 0.3) is 11.1 Å². The highest BCUT2D eigenvalue weighted by Crippen LogP contribution is 2.23. The molecule has 8 nitrogen and oxygen atoms in total. The van der Waals surface area contributed by atoms with Crippen molar-refractivity contribution in [1.82, 2.24) is 19.7 Å². The zero-order chi connectivity index (χ0) is 16.9. The first kappa shape index (κ1) is 15.8. The van der Waals surface area contributed by atoms with Crippen molar-refractivity contribution in [2.45, 2.75) is 13.0 Å². The van der Waals surface area contributed by atoms with Gasteiger partial charge in [-0.05, 0) is 12.1 Å². The highest BCUT2D eigenvalue weighted by molar-refractivity contribution is 7.14. The van der Waals surface area contributed by atoms with Crippen molar-refractivity contribution in [3.8, 4) is 11.4 Å². The summed E-state index contributed by atoms with van der Waals surface area (Å²) in [7, 11) is 0. The Morgan fingerprint density at radius 3 is 2.88 bits per heavy atom. The van der Waals surface area contributed by atoms with Gasteiger partial charge < -0.3 is 5.32 Å². The first-order valence-electron chi connectivity index (χ1n) is 7.09. The summed E-state index contributed by atoms with van der Waals surface area (Å²) in [5, 5.41) is 7.29. The lowest BCUT2D eigenvalue weighted by atomic mass is 10.3. The number of carbonyl (C=O) groups is 1. The van der Waals surface area contributed by atoms with Crippen LogP contribution in [0.1, 0.15) is 6.42 Å². The number of pyridine rings is 1. The number of anilines is 1. The minimum absolute atomic E-state index is 0.0400. The molecule has 3 heterocycles. The molecule has 3 aromatic heterocycles. The summed E-state index contributed by atoms with van der Waals surface area (Å²) in [6.07, 6.45) is 1.71. The summed E-state index contributed by atoms with van der Waals surface area (Å²) in [5.41, 5.74) is 0.645. The molecule has 24 heavy (non-hydrogen) atoms. The van der Waals surface area contributed by atoms with Crippen LogP contribution in [0.3, 0.4) is 0 Å². The molecule has 0 aromatic carbocycles. The van der Waals surface area contributed by atoms with Gasteiger partial charge in [0, 0.05) is 30.1 Å². The van der Waals surface area contributed by atoms with E-state index in [9.17, 15) is 14.4 Å². The average molecular weight is 343 g/mol. The van der Waals surface area contributed by atoms with E-state index in [-0.39, 0.29) is 24.4 Å². The number of amides is 1. The van der Waals surface area contributed by atoms with Crippen LogP contribution in [-0.2, 0) is 11.3 Å². The predicted octanol–water partition coefficient (Wildman–Crippen LogP) is 1.08. The molecule has 0 saturated heterocycles. The third kappa shape index (κ3) is 3.82. The Morgan fingerprint density at radius 2 is 2.08 bits per heavy atom.